The van der Waals surface area contributed by atoms with E-state index in [2.05, 4.69) is 5.10 Å². The number of benzene rings is 2. The van der Waals surface area contributed by atoms with Crippen LogP contribution in [0.25, 0.3) is 0 Å². The maximum atomic E-state index is 13.6. The number of hydrogen-bond acceptors (Lipinski definition) is 6. The molecule has 0 radical (unpaired) electrons. The molecule has 0 spiro atoms. The highest BCUT2D eigenvalue weighted by Gasteiger charge is 2.19. The average Bonchev–Trinajstić information content (AvgIpc) is 2.79. The number of morpholine rings is 1. The third-order valence-corrected chi connectivity index (χ3v) is 4.40. The van der Waals surface area contributed by atoms with Gasteiger partial charge >= 0.3 is 0 Å². The molecule has 31 heavy (non-hydrogen) atoms. The lowest BCUT2D eigenvalue weighted by molar-refractivity contribution is -0.137. The molecule has 0 bridgehead atoms. The predicted molar refractivity (Wildman–Crippen MR) is 103 cm³/mol. The summed E-state index contributed by atoms with van der Waals surface area (Å²) < 4.78 is 69.7. The van der Waals surface area contributed by atoms with Crippen LogP contribution in [0.2, 0.25) is 0 Å². The number of hydrazone groups is 1. The zero-order valence-electron chi connectivity index (χ0n) is 16.5. The molecule has 3 rings (SSSR count). The van der Waals surface area contributed by atoms with Gasteiger partial charge in [-0.2, -0.15) is 5.10 Å². The van der Waals surface area contributed by atoms with Gasteiger partial charge in [-0.05, 0) is 23.8 Å². The van der Waals surface area contributed by atoms with Crippen LogP contribution in [-0.2, 0) is 9.53 Å². The van der Waals surface area contributed by atoms with Crippen LogP contribution in [0.1, 0.15) is 5.56 Å². The minimum atomic E-state index is -1.60. The molecule has 1 aliphatic rings. The number of amides is 1. The van der Waals surface area contributed by atoms with Crippen molar-refractivity contribution in [2.75, 3.05) is 45.4 Å². The number of methoxy groups -OCH3 is 1. The van der Waals surface area contributed by atoms with Crippen molar-refractivity contribution in [1.29, 1.82) is 0 Å². The fourth-order valence-corrected chi connectivity index (χ4v) is 2.77. The number of carbonyl (C=O) groups excluding carboxylic acids is 1. The Morgan fingerprint density at radius 2 is 1.81 bits per heavy atom. The first-order valence-corrected chi connectivity index (χ1v) is 9.19. The van der Waals surface area contributed by atoms with Gasteiger partial charge in [0.25, 0.3) is 5.91 Å². The Bertz CT molecular complexity index is 955. The SMILES string of the molecule is COc1cc(/C=N/Nc2c(F)c(F)cc(F)c2F)ccc1OCC(=O)N1CCOCC1. The van der Waals surface area contributed by atoms with E-state index in [-0.39, 0.29) is 24.3 Å². The highest BCUT2D eigenvalue weighted by Crippen LogP contribution is 2.28. The molecule has 0 atom stereocenters. The summed E-state index contributed by atoms with van der Waals surface area (Å²) in [6, 6.07) is 4.67. The van der Waals surface area contributed by atoms with Gasteiger partial charge in [-0.25, -0.2) is 17.6 Å². The van der Waals surface area contributed by atoms with Gasteiger partial charge in [0.05, 0.1) is 26.5 Å². The first-order valence-electron chi connectivity index (χ1n) is 9.19. The molecule has 1 heterocycles. The number of nitrogens with one attached hydrogen (secondary N) is 1. The second kappa shape index (κ2) is 10.1. The second-order valence-corrected chi connectivity index (χ2v) is 6.41. The molecule has 1 N–H and O–H groups in total. The van der Waals surface area contributed by atoms with Gasteiger partial charge in [0.15, 0.2) is 41.4 Å². The lowest BCUT2D eigenvalue weighted by Gasteiger charge is -2.26. The number of rotatable bonds is 7. The van der Waals surface area contributed by atoms with E-state index in [1.807, 2.05) is 5.43 Å². The number of nitrogens with zero attached hydrogens (tertiary/aromatic N) is 2. The van der Waals surface area contributed by atoms with Crippen molar-refractivity contribution in [3.05, 3.63) is 53.1 Å². The molecule has 1 aliphatic heterocycles. The van der Waals surface area contributed by atoms with Gasteiger partial charge in [-0.15, -0.1) is 0 Å². The van der Waals surface area contributed by atoms with Crippen molar-refractivity contribution >= 4 is 17.8 Å². The normalized spacial score (nSPS) is 14.0. The summed E-state index contributed by atoms with van der Waals surface area (Å²) in [7, 11) is 1.39. The molecule has 11 heteroatoms. The first-order chi connectivity index (χ1) is 14.9. The summed E-state index contributed by atoms with van der Waals surface area (Å²) in [5.41, 5.74) is 1.32. The second-order valence-electron chi connectivity index (χ2n) is 6.41. The number of halogens is 4. The number of hydrogen-bond donors (Lipinski definition) is 1. The molecule has 0 unspecified atom stereocenters. The van der Waals surface area contributed by atoms with Crippen molar-refractivity contribution in [2.24, 2.45) is 5.10 Å². The maximum Gasteiger partial charge on any atom is 0.260 e. The van der Waals surface area contributed by atoms with Crippen molar-refractivity contribution in [2.45, 2.75) is 0 Å². The topological polar surface area (TPSA) is 72.4 Å². The van der Waals surface area contributed by atoms with Crippen LogP contribution < -0.4 is 14.9 Å². The van der Waals surface area contributed by atoms with Crippen LogP contribution in [-0.4, -0.2) is 57.0 Å². The molecule has 0 aliphatic carbocycles. The Morgan fingerprint density at radius 3 is 2.45 bits per heavy atom. The summed E-state index contributed by atoms with van der Waals surface area (Å²) in [6.07, 6.45) is 1.16. The molecular formula is C20H19F4N3O4. The van der Waals surface area contributed by atoms with Crippen LogP contribution in [0.15, 0.2) is 29.4 Å². The smallest absolute Gasteiger partial charge is 0.260 e. The Labute approximate surface area is 175 Å². The quantitative estimate of drug-likeness (QED) is 0.310. The largest absolute Gasteiger partial charge is 0.493 e. The van der Waals surface area contributed by atoms with Crippen LogP contribution >= 0.6 is 0 Å². The number of carbonyl (C=O) groups is 1. The average molecular weight is 441 g/mol. The van der Waals surface area contributed by atoms with E-state index in [0.717, 1.165) is 6.21 Å². The maximum absolute atomic E-state index is 13.6. The van der Waals surface area contributed by atoms with Crippen molar-refractivity contribution in [3.8, 4) is 11.5 Å². The summed E-state index contributed by atoms with van der Waals surface area (Å²) in [5, 5.41) is 3.60. The van der Waals surface area contributed by atoms with Gasteiger partial charge in [0, 0.05) is 19.2 Å². The van der Waals surface area contributed by atoms with E-state index in [9.17, 15) is 22.4 Å². The molecule has 2 aromatic rings. The molecule has 1 fully saturated rings. The van der Waals surface area contributed by atoms with E-state index in [1.54, 1.807) is 11.0 Å². The highest BCUT2D eigenvalue weighted by atomic mass is 19.2. The Kier molecular flexibility index (Phi) is 7.29. The van der Waals surface area contributed by atoms with Crippen LogP contribution in [0.5, 0.6) is 11.5 Å². The molecule has 1 amide bonds. The van der Waals surface area contributed by atoms with Gasteiger partial charge < -0.3 is 19.1 Å². The van der Waals surface area contributed by atoms with E-state index in [4.69, 9.17) is 14.2 Å². The Balaban J connectivity index is 1.65. The van der Waals surface area contributed by atoms with Gasteiger partial charge in [0.2, 0.25) is 0 Å². The minimum Gasteiger partial charge on any atom is -0.493 e. The highest BCUT2D eigenvalue weighted by molar-refractivity contribution is 5.82. The zero-order valence-corrected chi connectivity index (χ0v) is 16.5. The molecular weight excluding hydrogens is 422 g/mol. The molecule has 7 nitrogen and oxygen atoms in total. The van der Waals surface area contributed by atoms with E-state index in [0.29, 0.717) is 37.6 Å². The molecule has 2 aromatic carbocycles. The monoisotopic (exact) mass is 441 g/mol. The van der Waals surface area contributed by atoms with Gasteiger partial charge in [0.1, 0.15) is 5.69 Å². The van der Waals surface area contributed by atoms with E-state index in [1.165, 1.54) is 19.2 Å². The zero-order chi connectivity index (χ0) is 22.4. The van der Waals surface area contributed by atoms with E-state index < -0.39 is 29.0 Å². The van der Waals surface area contributed by atoms with Crippen LogP contribution in [0.3, 0.4) is 0 Å². The third-order valence-electron chi connectivity index (χ3n) is 4.40. The first kappa shape index (κ1) is 22.3. The summed E-state index contributed by atoms with van der Waals surface area (Å²) in [5.74, 6) is -5.89. The summed E-state index contributed by atoms with van der Waals surface area (Å²) in [6.45, 7) is 1.77. The number of anilines is 1. The molecule has 1 saturated heterocycles. The van der Waals surface area contributed by atoms with Crippen molar-refractivity contribution in [3.63, 3.8) is 0 Å². The summed E-state index contributed by atoms with van der Waals surface area (Å²) >= 11 is 0. The fraction of sp³-hybridized carbons (Fsp3) is 0.300. The molecule has 0 aromatic heterocycles. The minimum absolute atomic E-state index is 0.104. The Hall–Kier alpha value is -3.34. The number of ether oxygens (including phenoxy) is 3. The lowest BCUT2D eigenvalue weighted by atomic mass is 10.2. The van der Waals surface area contributed by atoms with Gasteiger partial charge in [-0.1, -0.05) is 0 Å². The third kappa shape index (κ3) is 5.43. The standard InChI is InChI=1S/C20H19F4N3O4/c1-29-16-8-12(10-25-26-20-18(23)13(21)9-14(22)19(20)24)2-3-15(16)31-11-17(28)27-4-6-30-7-5-27/h2-3,8-10,26H,4-7,11H2,1H3/b25-10+. The molecule has 0 saturated carbocycles. The lowest BCUT2D eigenvalue weighted by Crippen LogP contribution is -2.43. The van der Waals surface area contributed by atoms with Crippen LogP contribution in [0, 0.1) is 23.3 Å². The molecule has 166 valence electrons. The van der Waals surface area contributed by atoms with Gasteiger partial charge in [-0.3, -0.25) is 10.2 Å². The van der Waals surface area contributed by atoms with Crippen molar-refractivity contribution in [1.82, 2.24) is 4.90 Å². The van der Waals surface area contributed by atoms with Crippen molar-refractivity contribution < 1.29 is 36.6 Å². The fourth-order valence-electron chi connectivity index (χ4n) is 2.77. The Morgan fingerprint density at radius 1 is 1.13 bits per heavy atom. The van der Waals surface area contributed by atoms with E-state index >= 15 is 0 Å². The van der Waals surface area contributed by atoms with Crippen LogP contribution in [0.4, 0.5) is 23.2 Å². The predicted octanol–water partition coefficient (Wildman–Crippen LogP) is 2.94. The summed E-state index contributed by atoms with van der Waals surface area (Å²) in [4.78, 5) is 13.8.